The van der Waals surface area contributed by atoms with Gasteiger partial charge in [-0.25, -0.2) is 8.42 Å². The second-order valence-electron chi connectivity index (χ2n) is 6.34. The van der Waals surface area contributed by atoms with E-state index in [2.05, 4.69) is 9.82 Å². The second kappa shape index (κ2) is 7.72. The quantitative estimate of drug-likeness (QED) is 0.666. The van der Waals surface area contributed by atoms with Crippen molar-refractivity contribution in [1.82, 2.24) is 19.4 Å². The van der Waals surface area contributed by atoms with E-state index < -0.39 is 34.0 Å². The van der Waals surface area contributed by atoms with Crippen molar-refractivity contribution in [2.24, 2.45) is 7.05 Å². The number of hydrogen-bond donors (Lipinski definition) is 2. The summed E-state index contributed by atoms with van der Waals surface area (Å²) < 4.78 is 34.5. The smallest absolute Gasteiger partial charge is 0.306 e. The van der Waals surface area contributed by atoms with Crippen LogP contribution in [0.1, 0.15) is 24.7 Å². The molecule has 1 aliphatic rings. The van der Waals surface area contributed by atoms with Gasteiger partial charge in [0.2, 0.25) is 15.9 Å². The molecule has 1 aliphatic heterocycles. The summed E-state index contributed by atoms with van der Waals surface area (Å²) >= 11 is 0. The number of carbonyl (C=O) groups is 2. The number of aliphatic carboxylic acids is 1. The molecule has 0 saturated carbocycles. The third kappa shape index (κ3) is 4.40. The van der Waals surface area contributed by atoms with E-state index in [1.54, 1.807) is 20.9 Å². The molecule has 0 radical (unpaired) electrons. The minimum absolute atomic E-state index is 0.0605. The highest BCUT2D eigenvalue weighted by Crippen LogP contribution is 2.19. The fourth-order valence-electron chi connectivity index (χ4n) is 3.00. The van der Waals surface area contributed by atoms with Gasteiger partial charge < -0.3 is 14.7 Å². The van der Waals surface area contributed by atoms with Gasteiger partial charge in [-0.2, -0.15) is 9.82 Å². The van der Waals surface area contributed by atoms with Crippen LogP contribution in [0.5, 0.6) is 0 Å². The van der Waals surface area contributed by atoms with Crippen molar-refractivity contribution in [3.63, 3.8) is 0 Å². The summed E-state index contributed by atoms with van der Waals surface area (Å²) in [5.74, 6) is -1.44. The molecule has 1 aromatic heterocycles. The van der Waals surface area contributed by atoms with Crippen molar-refractivity contribution in [2.75, 3.05) is 19.7 Å². The molecule has 0 spiro atoms. The number of sulfonamides is 1. The van der Waals surface area contributed by atoms with Crippen LogP contribution in [0.15, 0.2) is 4.90 Å². The number of morpholine rings is 1. The Bertz CT molecular complexity index is 803. The summed E-state index contributed by atoms with van der Waals surface area (Å²) in [7, 11) is -2.28. The van der Waals surface area contributed by atoms with E-state index in [0.29, 0.717) is 11.4 Å². The van der Waals surface area contributed by atoms with E-state index in [4.69, 9.17) is 9.84 Å². The number of nitrogens with one attached hydrogen (secondary N) is 1. The Kier molecular flexibility index (Phi) is 6.04. The Labute approximate surface area is 152 Å². The highest BCUT2D eigenvalue weighted by atomic mass is 32.2. The molecule has 26 heavy (non-hydrogen) atoms. The van der Waals surface area contributed by atoms with Gasteiger partial charge in [0.15, 0.2) is 0 Å². The summed E-state index contributed by atoms with van der Waals surface area (Å²) in [6.45, 7) is 5.30. The van der Waals surface area contributed by atoms with Gasteiger partial charge in [0.1, 0.15) is 4.90 Å². The summed E-state index contributed by atoms with van der Waals surface area (Å²) in [5, 5.41) is 12.9. The van der Waals surface area contributed by atoms with Crippen LogP contribution < -0.4 is 4.72 Å². The predicted octanol–water partition coefficient (Wildman–Crippen LogP) is -0.594. The summed E-state index contributed by atoms with van der Waals surface area (Å²) in [5.41, 5.74) is 0.826. The Morgan fingerprint density at radius 3 is 2.62 bits per heavy atom. The SMILES string of the molecule is Cc1nn(C)c(C)c1S(=O)(=O)NC(C)C(=O)N1CCOC(CC(=O)O)C1. The van der Waals surface area contributed by atoms with Crippen LogP contribution in [0.4, 0.5) is 0 Å². The van der Waals surface area contributed by atoms with Crippen molar-refractivity contribution >= 4 is 21.9 Å². The van der Waals surface area contributed by atoms with E-state index in [9.17, 15) is 18.0 Å². The van der Waals surface area contributed by atoms with Gasteiger partial charge in [0.05, 0.1) is 36.6 Å². The fraction of sp³-hybridized carbons (Fsp3) is 0.667. The molecule has 146 valence electrons. The number of carboxylic acids is 1. The first-order chi connectivity index (χ1) is 12.0. The molecule has 0 aromatic carbocycles. The molecule has 11 heteroatoms. The topological polar surface area (TPSA) is 131 Å². The molecule has 2 rings (SSSR count). The van der Waals surface area contributed by atoms with Crippen molar-refractivity contribution in [3.8, 4) is 0 Å². The maximum Gasteiger partial charge on any atom is 0.306 e. The van der Waals surface area contributed by atoms with Gasteiger partial charge >= 0.3 is 5.97 Å². The van der Waals surface area contributed by atoms with Crippen LogP contribution in [-0.4, -0.2) is 71.9 Å². The lowest BCUT2D eigenvalue weighted by atomic mass is 10.2. The number of rotatable bonds is 6. The van der Waals surface area contributed by atoms with Crippen LogP contribution in [0.2, 0.25) is 0 Å². The molecular formula is C15H24N4O6S. The number of ether oxygens (including phenoxy) is 1. The zero-order chi connectivity index (χ0) is 19.6. The zero-order valence-corrected chi connectivity index (χ0v) is 16.0. The second-order valence-corrected chi connectivity index (χ2v) is 7.99. The van der Waals surface area contributed by atoms with Crippen LogP contribution >= 0.6 is 0 Å². The first-order valence-electron chi connectivity index (χ1n) is 8.17. The van der Waals surface area contributed by atoms with Gasteiger partial charge in [-0.15, -0.1) is 0 Å². The first-order valence-corrected chi connectivity index (χ1v) is 9.66. The third-order valence-electron chi connectivity index (χ3n) is 4.27. The first kappa shape index (κ1) is 20.3. The number of nitrogens with zero attached hydrogens (tertiary/aromatic N) is 3. The Hall–Kier alpha value is -1.98. The van der Waals surface area contributed by atoms with Gasteiger partial charge in [-0.1, -0.05) is 0 Å². The molecular weight excluding hydrogens is 364 g/mol. The number of carboxylic acid groups (broad SMARTS) is 1. The van der Waals surface area contributed by atoms with Crippen molar-refractivity contribution in [3.05, 3.63) is 11.4 Å². The minimum Gasteiger partial charge on any atom is -0.481 e. The lowest BCUT2D eigenvalue weighted by Gasteiger charge is -2.34. The summed E-state index contributed by atoms with van der Waals surface area (Å²) in [6.07, 6.45) is -0.811. The molecule has 1 amide bonds. The lowest BCUT2D eigenvalue weighted by Crippen LogP contribution is -2.53. The van der Waals surface area contributed by atoms with Gasteiger partial charge in [0, 0.05) is 20.1 Å². The number of aromatic nitrogens is 2. The average Bonchev–Trinajstić information content (AvgIpc) is 2.78. The molecule has 1 saturated heterocycles. The normalized spacial score (nSPS) is 19.4. The zero-order valence-electron chi connectivity index (χ0n) is 15.2. The molecule has 2 heterocycles. The Morgan fingerprint density at radius 2 is 2.08 bits per heavy atom. The average molecular weight is 388 g/mol. The molecule has 2 N–H and O–H groups in total. The predicted molar refractivity (Wildman–Crippen MR) is 91.0 cm³/mol. The third-order valence-corrected chi connectivity index (χ3v) is 6.06. The van der Waals surface area contributed by atoms with E-state index >= 15 is 0 Å². The molecule has 0 aliphatic carbocycles. The molecule has 1 fully saturated rings. The maximum absolute atomic E-state index is 12.7. The van der Waals surface area contributed by atoms with Crippen molar-refractivity contribution in [2.45, 2.75) is 44.2 Å². The molecule has 10 nitrogen and oxygen atoms in total. The van der Waals surface area contributed by atoms with E-state index in [0.717, 1.165) is 0 Å². The summed E-state index contributed by atoms with van der Waals surface area (Å²) in [6, 6.07) is -0.998. The van der Waals surface area contributed by atoms with Crippen LogP contribution in [-0.2, 0) is 31.4 Å². The fourth-order valence-corrected chi connectivity index (χ4v) is 4.63. The van der Waals surface area contributed by atoms with E-state index in [-0.39, 0.29) is 31.0 Å². The molecule has 2 unspecified atom stereocenters. The Morgan fingerprint density at radius 1 is 1.42 bits per heavy atom. The number of hydrogen-bond acceptors (Lipinski definition) is 6. The largest absolute Gasteiger partial charge is 0.481 e. The van der Waals surface area contributed by atoms with Crippen LogP contribution in [0.25, 0.3) is 0 Å². The highest BCUT2D eigenvalue weighted by Gasteiger charge is 2.32. The van der Waals surface area contributed by atoms with E-state index in [1.807, 2.05) is 0 Å². The lowest BCUT2D eigenvalue weighted by molar-refractivity contribution is -0.148. The number of amides is 1. The molecule has 1 aromatic rings. The maximum atomic E-state index is 12.7. The minimum atomic E-state index is -3.92. The molecule has 0 bridgehead atoms. The van der Waals surface area contributed by atoms with E-state index in [1.165, 1.54) is 16.5 Å². The Balaban J connectivity index is 2.09. The van der Waals surface area contributed by atoms with Crippen molar-refractivity contribution < 1.29 is 27.9 Å². The van der Waals surface area contributed by atoms with Gasteiger partial charge in [-0.05, 0) is 20.8 Å². The monoisotopic (exact) mass is 388 g/mol. The summed E-state index contributed by atoms with van der Waals surface area (Å²) in [4.78, 5) is 24.9. The van der Waals surface area contributed by atoms with Gasteiger partial charge in [-0.3, -0.25) is 14.3 Å². The molecule has 2 atom stereocenters. The standard InChI is InChI=1S/C15H24N4O6S/c1-9-14(11(3)18(4)16-9)26(23,24)17-10(2)15(22)19-5-6-25-12(8-19)7-13(20)21/h10,12,17H,5-8H2,1-4H3,(H,20,21). The number of carbonyl (C=O) groups excluding carboxylic acids is 1. The van der Waals surface area contributed by atoms with Crippen molar-refractivity contribution in [1.29, 1.82) is 0 Å². The van der Waals surface area contributed by atoms with Gasteiger partial charge in [0.25, 0.3) is 0 Å². The number of aryl methyl sites for hydroxylation is 2. The highest BCUT2D eigenvalue weighted by molar-refractivity contribution is 7.89. The van der Waals surface area contributed by atoms with Crippen LogP contribution in [0.3, 0.4) is 0 Å². The van der Waals surface area contributed by atoms with Crippen LogP contribution in [0, 0.1) is 13.8 Å².